The lowest BCUT2D eigenvalue weighted by Gasteiger charge is -2.25. The molecule has 2 aliphatic rings. The van der Waals surface area contributed by atoms with Crippen molar-refractivity contribution >= 4 is 10.0 Å². The van der Waals surface area contributed by atoms with Gasteiger partial charge in [-0.25, -0.2) is 13.1 Å². The number of hydrogen-bond donors (Lipinski definition) is 1. The molecule has 4 nitrogen and oxygen atoms in total. The van der Waals surface area contributed by atoms with E-state index in [0.717, 1.165) is 38.9 Å². The van der Waals surface area contributed by atoms with Crippen molar-refractivity contribution in [3.05, 3.63) is 58.2 Å². The Morgan fingerprint density at radius 2 is 1.65 bits per heavy atom. The average Bonchev–Trinajstić information content (AvgIpc) is 2.61. The molecular weight excluding hydrogens is 344 g/mol. The Morgan fingerprint density at radius 1 is 1.08 bits per heavy atom. The van der Waals surface area contributed by atoms with E-state index in [1.807, 2.05) is 0 Å². The molecule has 26 heavy (non-hydrogen) atoms. The van der Waals surface area contributed by atoms with Gasteiger partial charge in [0.1, 0.15) is 0 Å². The number of sulfonamides is 1. The molecule has 0 fully saturated rings. The summed E-state index contributed by atoms with van der Waals surface area (Å²) < 4.78 is 24.3. The van der Waals surface area contributed by atoms with Crippen LogP contribution in [0.25, 0.3) is 0 Å². The highest BCUT2D eigenvalue weighted by Gasteiger charge is 2.12. The molecule has 0 spiro atoms. The second kappa shape index (κ2) is 9.49. The summed E-state index contributed by atoms with van der Waals surface area (Å²) in [6, 6.07) is 8.75. The predicted molar refractivity (Wildman–Crippen MR) is 110 cm³/mol. The van der Waals surface area contributed by atoms with Gasteiger partial charge in [0.15, 0.2) is 0 Å². The maximum Gasteiger partial charge on any atom is 0.208 e. The Hall–Kier alpha value is -1.43. The van der Waals surface area contributed by atoms with E-state index in [2.05, 4.69) is 60.7 Å². The summed E-state index contributed by atoms with van der Waals surface area (Å²) in [4.78, 5) is 2.30. The van der Waals surface area contributed by atoms with Crippen LogP contribution >= 0.6 is 0 Å². The zero-order chi connectivity index (χ0) is 19.2. The molecule has 0 bridgehead atoms. The van der Waals surface area contributed by atoms with Crippen LogP contribution in [-0.4, -0.2) is 45.8 Å². The van der Waals surface area contributed by atoms with Crippen molar-refractivity contribution in [3.8, 4) is 0 Å². The third kappa shape index (κ3) is 6.71. The number of nitrogens with one attached hydrogen (secondary N) is 1. The molecule has 144 valence electrons. The summed E-state index contributed by atoms with van der Waals surface area (Å²) in [5.74, 6) is 0. The summed E-state index contributed by atoms with van der Waals surface area (Å²) in [6.45, 7) is 10.0. The molecule has 1 aliphatic carbocycles. The molecule has 1 N–H and O–H groups in total. The van der Waals surface area contributed by atoms with Crippen molar-refractivity contribution in [1.29, 1.82) is 0 Å². The van der Waals surface area contributed by atoms with E-state index in [9.17, 15) is 8.42 Å². The maximum absolute atomic E-state index is 10.9. The number of fused-ring (bicyclic) bond motifs is 1. The first-order valence-electron chi connectivity index (χ1n) is 9.35. The van der Waals surface area contributed by atoms with Crippen LogP contribution in [0.5, 0.6) is 0 Å². The topological polar surface area (TPSA) is 49.4 Å². The van der Waals surface area contributed by atoms with Gasteiger partial charge in [0.2, 0.25) is 10.0 Å². The van der Waals surface area contributed by atoms with Crippen molar-refractivity contribution in [1.82, 2.24) is 9.62 Å². The van der Waals surface area contributed by atoms with Crippen LogP contribution < -0.4 is 4.72 Å². The van der Waals surface area contributed by atoms with Crippen molar-refractivity contribution < 1.29 is 8.42 Å². The summed E-state index contributed by atoms with van der Waals surface area (Å²) in [5, 5.41) is 0. The first-order valence-corrected chi connectivity index (χ1v) is 11.2. The molecule has 1 aromatic carbocycles. The van der Waals surface area contributed by atoms with Gasteiger partial charge in [-0.2, -0.15) is 0 Å². The fourth-order valence-electron chi connectivity index (χ4n) is 3.28. The lowest BCUT2D eigenvalue weighted by atomic mass is 9.88. The van der Waals surface area contributed by atoms with E-state index in [1.165, 1.54) is 23.0 Å². The van der Waals surface area contributed by atoms with E-state index in [4.69, 9.17) is 0 Å². The maximum atomic E-state index is 10.9. The number of benzene rings is 1. The van der Waals surface area contributed by atoms with Crippen LogP contribution in [0.3, 0.4) is 0 Å². The minimum absolute atomic E-state index is 0.454. The molecule has 0 aromatic heterocycles. The van der Waals surface area contributed by atoms with Gasteiger partial charge in [-0.1, -0.05) is 48.4 Å². The van der Waals surface area contributed by atoms with Crippen LogP contribution in [0.1, 0.15) is 38.3 Å². The van der Waals surface area contributed by atoms with Gasteiger partial charge < -0.3 is 0 Å². The second-order valence-electron chi connectivity index (χ2n) is 7.30. The van der Waals surface area contributed by atoms with Crippen LogP contribution in [0.4, 0.5) is 0 Å². The number of hydrogen-bond acceptors (Lipinski definition) is 3. The Balaban J connectivity index is 0.000000189. The normalized spacial score (nSPS) is 17.9. The molecule has 0 saturated carbocycles. The number of allylic oxidation sites excluding steroid dienone is 2. The summed E-state index contributed by atoms with van der Waals surface area (Å²) >= 11 is 0. The number of likely N-dealkylation sites (N-methyl/N-ethyl adjacent to an activating group) is 1. The zero-order valence-electron chi connectivity index (χ0n) is 16.5. The van der Waals surface area contributed by atoms with Gasteiger partial charge in [0.05, 0.1) is 6.26 Å². The second-order valence-corrected chi connectivity index (χ2v) is 9.13. The molecular formula is C21H32N2O2S. The predicted octanol–water partition coefficient (Wildman–Crippen LogP) is 3.31. The summed E-state index contributed by atoms with van der Waals surface area (Å²) in [7, 11) is -3.06. The van der Waals surface area contributed by atoms with E-state index in [1.54, 1.807) is 11.1 Å². The quantitative estimate of drug-likeness (QED) is 0.820. The highest BCUT2D eigenvalue weighted by Crippen LogP contribution is 2.24. The van der Waals surface area contributed by atoms with E-state index < -0.39 is 10.0 Å². The Bertz CT molecular complexity index is 746. The first kappa shape index (κ1) is 20.9. The van der Waals surface area contributed by atoms with Gasteiger partial charge in [-0.3, -0.25) is 4.90 Å². The van der Waals surface area contributed by atoms with Gasteiger partial charge in [0, 0.05) is 19.6 Å². The van der Waals surface area contributed by atoms with Crippen LogP contribution in [0.2, 0.25) is 0 Å². The van der Waals surface area contributed by atoms with Crippen molar-refractivity contribution in [3.63, 3.8) is 0 Å². The van der Waals surface area contributed by atoms with Crippen LogP contribution in [0, 0.1) is 0 Å². The highest BCUT2D eigenvalue weighted by atomic mass is 32.2. The van der Waals surface area contributed by atoms with Crippen molar-refractivity contribution in [2.45, 2.75) is 40.0 Å². The lowest BCUT2D eigenvalue weighted by Crippen LogP contribution is -2.34. The largest absolute Gasteiger partial charge is 0.299 e. The molecule has 0 saturated heterocycles. The Kier molecular flexibility index (Phi) is 7.62. The lowest BCUT2D eigenvalue weighted by molar-refractivity contribution is 0.304. The third-order valence-electron chi connectivity index (χ3n) is 5.07. The molecule has 1 aromatic rings. The Morgan fingerprint density at radius 3 is 2.15 bits per heavy atom. The smallest absolute Gasteiger partial charge is 0.208 e. The minimum Gasteiger partial charge on any atom is -0.299 e. The van der Waals surface area contributed by atoms with E-state index in [0.29, 0.717) is 6.54 Å². The molecule has 1 heterocycles. The van der Waals surface area contributed by atoms with E-state index >= 15 is 0 Å². The molecule has 0 atom stereocenters. The molecule has 0 amide bonds. The fourth-order valence-corrected chi connectivity index (χ4v) is 3.73. The SMILES string of the molecule is CC1=C(C)Cc2ccccc2C1.CCN1CCC=C(CNS(C)(=O)=O)C1. The summed E-state index contributed by atoms with van der Waals surface area (Å²) in [6.07, 6.45) is 6.65. The highest BCUT2D eigenvalue weighted by molar-refractivity contribution is 7.88. The Labute approximate surface area is 159 Å². The molecule has 0 unspecified atom stereocenters. The van der Waals surface area contributed by atoms with Gasteiger partial charge in [-0.15, -0.1) is 0 Å². The van der Waals surface area contributed by atoms with E-state index in [-0.39, 0.29) is 0 Å². The monoisotopic (exact) mass is 376 g/mol. The average molecular weight is 377 g/mol. The van der Waals surface area contributed by atoms with Crippen LogP contribution in [0.15, 0.2) is 47.1 Å². The number of nitrogens with zero attached hydrogens (tertiary/aromatic N) is 1. The standard InChI is InChI=1S/C12H14.C9H18N2O2S/c1-9-7-11-5-3-4-6-12(11)8-10(9)2;1-3-11-6-4-5-9(8-11)7-10-14(2,12)13/h3-6H,7-8H2,1-2H3;5,10H,3-4,6-8H2,1-2H3. The van der Waals surface area contributed by atoms with Gasteiger partial charge in [0.25, 0.3) is 0 Å². The molecule has 3 rings (SSSR count). The summed E-state index contributed by atoms with van der Waals surface area (Å²) in [5.41, 5.74) is 7.30. The van der Waals surface area contributed by atoms with Gasteiger partial charge >= 0.3 is 0 Å². The molecule has 5 heteroatoms. The minimum atomic E-state index is -3.06. The van der Waals surface area contributed by atoms with Gasteiger partial charge in [-0.05, 0) is 56.4 Å². The third-order valence-corrected chi connectivity index (χ3v) is 5.74. The van der Waals surface area contributed by atoms with Crippen molar-refractivity contribution in [2.24, 2.45) is 0 Å². The first-order chi connectivity index (χ1) is 12.3. The fraction of sp³-hybridized carbons (Fsp3) is 0.524. The number of rotatable bonds is 4. The van der Waals surface area contributed by atoms with Crippen LogP contribution in [-0.2, 0) is 22.9 Å². The molecule has 1 aliphatic heterocycles. The van der Waals surface area contributed by atoms with Crippen molar-refractivity contribution in [2.75, 3.05) is 32.4 Å². The zero-order valence-corrected chi connectivity index (χ0v) is 17.3. The molecule has 0 radical (unpaired) electrons.